The molecule has 24 heavy (non-hydrogen) atoms. The lowest BCUT2D eigenvalue weighted by Gasteiger charge is -2.07. The maximum atomic E-state index is 12.2. The number of benzene rings is 2. The lowest BCUT2D eigenvalue weighted by Crippen LogP contribution is -2.22. The molecular formula is C20H17ClN2O. The number of carbonyl (C=O) groups excluding carboxylic acids is 1. The van der Waals surface area contributed by atoms with Crippen molar-refractivity contribution in [1.82, 2.24) is 10.3 Å². The molecule has 0 bridgehead atoms. The predicted molar refractivity (Wildman–Crippen MR) is 97.0 cm³/mol. The standard InChI is InChI=1S/C20H17ClN2O/c1-14-2-6-16(7-3-14)19-11-8-17(13-22-19)20(24)23-12-15-4-9-18(21)10-5-15/h2-11,13H,12H2,1H3,(H,23,24). The van der Waals surface area contributed by atoms with E-state index in [0.29, 0.717) is 17.1 Å². The van der Waals surface area contributed by atoms with Gasteiger partial charge in [0, 0.05) is 23.3 Å². The number of aryl methyl sites for hydroxylation is 1. The van der Waals surface area contributed by atoms with Crippen molar-refractivity contribution in [1.29, 1.82) is 0 Å². The van der Waals surface area contributed by atoms with E-state index in [1.165, 1.54) is 5.56 Å². The Bertz CT molecular complexity index is 825. The van der Waals surface area contributed by atoms with E-state index in [1.54, 1.807) is 24.4 Å². The van der Waals surface area contributed by atoms with E-state index in [0.717, 1.165) is 16.8 Å². The van der Waals surface area contributed by atoms with Gasteiger partial charge in [-0.3, -0.25) is 9.78 Å². The van der Waals surface area contributed by atoms with Crippen LogP contribution in [0.4, 0.5) is 0 Å². The Morgan fingerprint density at radius 1 is 1.00 bits per heavy atom. The zero-order valence-electron chi connectivity index (χ0n) is 13.3. The third kappa shape index (κ3) is 4.00. The van der Waals surface area contributed by atoms with Gasteiger partial charge in [-0.1, -0.05) is 53.6 Å². The molecule has 3 nitrogen and oxygen atoms in total. The summed E-state index contributed by atoms with van der Waals surface area (Å²) in [7, 11) is 0. The van der Waals surface area contributed by atoms with Crippen molar-refractivity contribution in [2.45, 2.75) is 13.5 Å². The normalized spacial score (nSPS) is 10.4. The fourth-order valence-corrected chi connectivity index (χ4v) is 2.44. The number of hydrogen-bond donors (Lipinski definition) is 1. The summed E-state index contributed by atoms with van der Waals surface area (Å²) in [6.07, 6.45) is 1.60. The second-order valence-electron chi connectivity index (χ2n) is 5.61. The number of nitrogens with zero attached hydrogens (tertiary/aromatic N) is 1. The molecule has 120 valence electrons. The van der Waals surface area contributed by atoms with E-state index < -0.39 is 0 Å². The molecule has 0 saturated heterocycles. The number of nitrogens with one attached hydrogen (secondary N) is 1. The Morgan fingerprint density at radius 2 is 1.71 bits per heavy atom. The number of aromatic nitrogens is 1. The van der Waals surface area contributed by atoms with Gasteiger partial charge in [-0.15, -0.1) is 0 Å². The predicted octanol–water partition coefficient (Wildman–Crippen LogP) is 4.64. The molecule has 0 atom stereocenters. The van der Waals surface area contributed by atoms with E-state index in [1.807, 2.05) is 49.4 Å². The van der Waals surface area contributed by atoms with Crippen LogP contribution in [0.5, 0.6) is 0 Å². The van der Waals surface area contributed by atoms with Crippen molar-refractivity contribution in [3.8, 4) is 11.3 Å². The van der Waals surface area contributed by atoms with Crippen LogP contribution in [0.15, 0.2) is 66.9 Å². The molecule has 1 N–H and O–H groups in total. The SMILES string of the molecule is Cc1ccc(-c2ccc(C(=O)NCc3ccc(Cl)cc3)cn2)cc1. The van der Waals surface area contributed by atoms with Crippen molar-refractivity contribution in [3.05, 3.63) is 88.6 Å². The fraction of sp³-hybridized carbons (Fsp3) is 0.100. The summed E-state index contributed by atoms with van der Waals surface area (Å²) >= 11 is 5.85. The van der Waals surface area contributed by atoms with Crippen LogP contribution in [-0.4, -0.2) is 10.9 Å². The van der Waals surface area contributed by atoms with Gasteiger partial charge in [-0.05, 0) is 36.8 Å². The van der Waals surface area contributed by atoms with Crippen molar-refractivity contribution in [3.63, 3.8) is 0 Å². The van der Waals surface area contributed by atoms with Crippen LogP contribution in [0.25, 0.3) is 11.3 Å². The zero-order valence-corrected chi connectivity index (χ0v) is 14.0. The van der Waals surface area contributed by atoms with Gasteiger partial charge in [0.15, 0.2) is 0 Å². The number of pyridine rings is 1. The first kappa shape index (κ1) is 16.2. The van der Waals surface area contributed by atoms with Gasteiger partial charge >= 0.3 is 0 Å². The van der Waals surface area contributed by atoms with Gasteiger partial charge in [0.2, 0.25) is 0 Å². The first-order valence-corrected chi connectivity index (χ1v) is 8.05. The number of amides is 1. The quantitative estimate of drug-likeness (QED) is 0.754. The van der Waals surface area contributed by atoms with E-state index in [-0.39, 0.29) is 5.91 Å². The first-order valence-electron chi connectivity index (χ1n) is 7.67. The molecule has 0 saturated carbocycles. The van der Waals surface area contributed by atoms with Crippen molar-refractivity contribution < 1.29 is 4.79 Å². The van der Waals surface area contributed by atoms with E-state index in [2.05, 4.69) is 10.3 Å². The zero-order chi connectivity index (χ0) is 16.9. The van der Waals surface area contributed by atoms with Gasteiger partial charge in [0.25, 0.3) is 5.91 Å². The smallest absolute Gasteiger partial charge is 0.253 e. The van der Waals surface area contributed by atoms with Crippen LogP contribution in [0.1, 0.15) is 21.5 Å². The summed E-state index contributed by atoms with van der Waals surface area (Å²) in [5, 5.41) is 3.56. The summed E-state index contributed by atoms with van der Waals surface area (Å²) in [6.45, 7) is 2.50. The molecule has 0 fully saturated rings. The molecule has 0 aliphatic rings. The second-order valence-corrected chi connectivity index (χ2v) is 6.04. The van der Waals surface area contributed by atoms with Gasteiger partial charge in [0.1, 0.15) is 0 Å². The van der Waals surface area contributed by atoms with Gasteiger partial charge in [0.05, 0.1) is 11.3 Å². The monoisotopic (exact) mass is 336 g/mol. The molecule has 0 unspecified atom stereocenters. The number of carbonyl (C=O) groups is 1. The molecular weight excluding hydrogens is 320 g/mol. The fourth-order valence-electron chi connectivity index (χ4n) is 2.31. The molecule has 0 spiro atoms. The largest absolute Gasteiger partial charge is 0.348 e. The summed E-state index contributed by atoms with van der Waals surface area (Å²) in [5.74, 6) is -0.145. The summed E-state index contributed by atoms with van der Waals surface area (Å²) in [4.78, 5) is 16.6. The van der Waals surface area contributed by atoms with Crippen LogP contribution in [-0.2, 0) is 6.54 Å². The average Bonchev–Trinajstić information content (AvgIpc) is 2.62. The Kier molecular flexibility index (Phi) is 4.92. The molecule has 4 heteroatoms. The summed E-state index contributed by atoms with van der Waals surface area (Å²) in [6, 6.07) is 19.2. The highest BCUT2D eigenvalue weighted by atomic mass is 35.5. The first-order chi connectivity index (χ1) is 11.6. The van der Waals surface area contributed by atoms with E-state index in [4.69, 9.17) is 11.6 Å². The van der Waals surface area contributed by atoms with Crippen molar-refractivity contribution >= 4 is 17.5 Å². The Balaban J connectivity index is 1.65. The molecule has 3 aromatic rings. The minimum absolute atomic E-state index is 0.145. The minimum atomic E-state index is -0.145. The Morgan fingerprint density at radius 3 is 2.33 bits per heavy atom. The van der Waals surface area contributed by atoms with Crippen molar-refractivity contribution in [2.24, 2.45) is 0 Å². The molecule has 1 heterocycles. The minimum Gasteiger partial charge on any atom is -0.348 e. The van der Waals surface area contributed by atoms with Crippen LogP contribution < -0.4 is 5.32 Å². The Hall–Kier alpha value is -2.65. The van der Waals surface area contributed by atoms with Crippen LogP contribution >= 0.6 is 11.6 Å². The summed E-state index contributed by atoms with van der Waals surface area (Å²) in [5.41, 5.74) is 4.63. The average molecular weight is 337 g/mol. The molecule has 3 rings (SSSR count). The topological polar surface area (TPSA) is 42.0 Å². The molecule has 1 amide bonds. The van der Waals surface area contributed by atoms with Gasteiger partial charge in [-0.25, -0.2) is 0 Å². The van der Waals surface area contributed by atoms with Crippen LogP contribution in [0.2, 0.25) is 5.02 Å². The van der Waals surface area contributed by atoms with Gasteiger partial charge < -0.3 is 5.32 Å². The van der Waals surface area contributed by atoms with Crippen LogP contribution in [0.3, 0.4) is 0 Å². The Labute approximate surface area is 146 Å². The molecule has 0 aliphatic carbocycles. The number of halogens is 1. The highest BCUT2D eigenvalue weighted by Crippen LogP contribution is 2.17. The molecule has 2 aromatic carbocycles. The number of hydrogen-bond acceptors (Lipinski definition) is 2. The van der Waals surface area contributed by atoms with E-state index in [9.17, 15) is 4.79 Å². The molecule has 1 aromatic heterocycles. The maximum absolute atomic E-state index is 12.2. The molecule has 0 aliphatic heterocycles. The lowest BCUT2D eigenvalue weighted by molar-refractivity contribution is 0.0950. The molecule has 0 radical (unpaired) electrons. The highest BCUT2D eigenvalue weighted by molar-refractivity contribution is 6.30. The van der Waals surface area contributed by atoms with Crippen molar-refractivity contribution in [2.75, 3.05) is 0 Å². The maximum Gasteiger partial charge on any atom is 0.253 e. The third-order valence-electron chi connectivity index (χ3n) is 3.74. The van der Waals surface area contributed by atoms with Crippen LogP contribution in [0, 0.1) is 6.92 Å². The van der Waals surface area contributed by atoms with E-state index >= 15 is 0 Å². The second kappa shape index (κ2) is 7.28. The number of rotatable bonds is 4. The highest BCUT2D eigenvalue weighted by Gasteiger charge is 2.07. The summed E-state index contributed by atoms with van der Waals surface area (Å²) < 4.78 is 0. The lowest BCUT2D eigenvalue weighted by atomic mass is 10.1. The van der Waals surface area contributed by atoms with Gasteiger partial charge in [-0.2, -0.15) is 0 Å². The third-order valence-corrected chi connectivity index (χ3v) is 3.99.